The molecule has 0 aromatic carbocycles. The van der Waals surface area contributed by atoms with Gasteiger partial charge in [-0.3, -0.25) is 0 Å². The van der Waals surface area contributed by atoms with Gasteiger partial charge in [-0.25, -0.2) is 9.97 Å². The fraction of sp³-hybridized carbons (Fsp3) is 0.714. The van der Waals surface area contributed by atoms with Gasteiger partial charge in [0.05, 0.1) is 12.2 Å². The normalized spacial score (nSPS) is 23.1. The van der Waals surface area contributed by atoms with Gasteiger partial charge < -0.3 is 10.1 Å². The Balaban J connectivity index is 2.11. The van der Waals surface area contributed by atoms with Gasteiger partial charge in [0.15, 0.2) is 0 Å². The summed E-state index contributed by atoms with van der Waals surface area (Å²) in [5, 5.41) is 4.28. The van der Waals surface area contributed by atoms with Gasteiger partial charge in [-0.2, -0.15) is 11.8 Å². The van der Waals surface area contributed by atoms with Crippen molar-refractivity contribution in [1.82, 2.24) is 9.97 Å². The minimum absolute atomic E-state index is 0.506. The number of nitrogens with one attached hydrogen (secondary N) is 1. The van der Waals surface area contributed by atoms with Gasteiger partial charge in [-0.05, 0) is 32.9 Å². The molecule has 0 saturated heterocycles. The minimum atomic E-state index is 0.506. The van der Waals surface area contributed by atoms with Crippen LogP contribution in [-0.2, 0) is 0 Å². The Kier molecular flexibility index (Phi) is 5.31. The third-order valence-corrected chi connectivity index (χ3v) is 4.82. The molecule has 1 fully saturated rings. The fourth-order valence-corrected chi connectivity index (χ4v) is 3.52. The van der Waals surface area contributed by atoms with Crippen molar-refractivity contribution < 1.29 is 4.74 Å². The summed E-state index contributed by atoms with van der Waals surface area (Å²) in [6.45, 7) is 4.62. The first kappa shape index (κ1) is 14.4. The molecule has 0 radical (unpaired) electrons. The molecule has 1 aromatic rings. The molecule has 2 rings (SSSR count). The van der Waals surface area contributed by atoms with E-state index in [1.54, 1.807) is 6.33 Å². The molecule has 4 nitrogen and oxygen atoms in total. The zero-order chi connectivity index (χ0) is 13.7. The van der Waals surface area contributed by atoms with Crippen LogP contribution in [0, 0.1) is 6.92 Å². The molecule has 1 aliphatic rings. The number of aromatic nitrogens is 2. The Hall–Kier alpha value is -0.970. The molecule has 0 amide bonds. The lowest BCUT2D eigenvalue weighted by Crippen LogP contribution is -2.34. The first-order valence-corrected chi connectivity index (χ1v) is 8.28. The lowest BCUT2D eigenvalue weighted by Gasteiger charge is -2.31. The van der Waals surface area contributed by atoms with E-state index in [0.717, 1.165) is 11.4 Å². The van der Waals surface area contributed by atoms with E-state index in [0.29, 0.717) is 23.8 Å². The zero-order valence-electron chi connectivity index (χ0n) is 12.0. The molecule has 0 bridgehead atoms. The Morgan fingerprint density at radius 2 is 2.16 bits per heavy atom. The van der Waals surface area contributed by atoms with Crippen LogP contribution in [0.2, 0.25) is 0 Å². The van der Waals surface area contributed by atoms with E-state index in [1.807, 2.05) is 25.6 Å². The fourth-order valence-electron chi connectivity index (χ4n) is 2.58. The van der Waals surface area contributed by atoms with E-state index in [9.17, 15) is 0 Å². The van der Waals surface area contributed by atoms with Crippen molar-refractivity contribution in [1.29, 1.82) is 0 Å². The average Bonchev–Trinajstić information content (AvgIpc) is 2.44. The van der Waals surface area contributed by atoms with E-state index in [1.165, 1.54) is 25.7 Å². The zero-order valence-corrected chi connectivity index (χ0v) is 12.8. The van der Waals surface area contributed by atoms with E-state index in [2.05, 4.69) is 21.5 Å². The standard InChI is InChI=1S/C14H23N3OS/c1-4-18-14-10(2)13(15-9-16-14)17-11-7-5-6-8-12(11)19-3/h9,11-12H,4-8H2,1-3H3,(H,15,16,17). The van der Waals surface area contributed by atoms with Crippen LogP contribution >= 0.6 is 11.8 Å². The van der Waals surface area contributed by atoms with Gasteiger partial charge in [-0.15, -0.1) is 0 Å². The van der Waals surface area contributed by atoms with Crippen LogP contribution in [0.4, 0.5) is 5.82 Å². The van der Waals surface area contributed by atoms with Gasteiger partial charge in [0, 0.05) is 11.3 Å². The second-order valence-corrected chi connectivity index (χ2v) is 5.97. The Morgan fingerprint density at radius 1 is 1.37 bits per heavy atom. The van der Waals surface area contributed by atoms with Crippen molar-refractivity contribution in [3.63, 3.8) is 0 Å². The van der Waals surface area contributed by atoms with Crippen LogP contribution in [0.25, 0.3) is 0 Å². The lowest BCUT2D eigenvalue weighted by atomic mass is 9.95. The lowest BCUT2D eigenvalue weighted by molar-refractivity contribution is 0.323. The Morgan fingerprint density at radius 3 is 2.89 bits per heavy atom. The summed E-state index contributed by atoms with van der Waals surface area (Å²) in [5.74, 6) is 1.61. The molecule has 2 atom stereocenters. The number of hydrogen-bond donors (Lipinski definition) is 1. The van der Waals surface area contributed by atoms with Crippen molar-refractivity contribution in [3.05, 3.63) is 11.9 Å². The third kappa shape index (κ3) is 3.53. The molecule has 1 aromatic heterocycles. The number of anilines is 1. The smallest absolute Gasteiger partial charge is 0.221 e. The molecule has 1 aliphatic carbocycles. The highest BCUT2D eigenvalue weighted by atomic mass is 32.2. The molecule has 1 N–H and O–H groups in total. The van der Waals surface area contributed by atoms with E-state index >= 15 is 0 Å². The first-order valence-electron chi connectivity index (χ1n) is 7.00. The monoisotopic (exact) mass is 281 g/mol. The maximum absolute atomic E-state index is 5.52. The molecule has 0 aliphatic heterocycles. The number of ether oxygens (including phenoxy) is 1. The van der Waals surface area contributed by atoms with Gasteiger partial charge in [0.1, 0.15) is 12.1 Å². The number of hydrogen-bond acceptors (Lipinski definition) is 5. The SMILES string of the molecule is CCOc1ncnc(NC2CCCCC2SC)c1C. The number of thioether (sulfide) groups is 1. The molecule has 5 heteroatoms. The van der Waals surface area contributed by atoms with Gasteiger partial charge >= 0.3 is 0 Å². The van der Waals surface area contributed by atoms with Crippen LogP contribution in [-0.4, -0.2) is 34.1 Å². The molecular weight excluding hydrogens is 258 g/mol. The second kappa shape index (κ2) is 6.98. The summed E-state index contributed by atoms with van der Waals surface area (Å²) in [6.07, 6.45) is 8.94. The molecule has 19 heavy (non-hydrogen) atoms. The van der Waals surface area contributed by atoms with E-state index in [-0.39, 0.29) is 0 Å². The predicted octanol–water partition coefficient (Wildman–Crippen LogP) is 3.27. The summed E-state index contributed by atoms with van der Waals surface area (Å²) in [6, 6.07) is 0.506. The van der Waals surface area contributed by atoms with Crippen molar-refractivity contribution >= 4 is 17.6 Å². The van der Waals surface area contributed by atoms with Crippen LogP contribution < -0.4 is 10.1 Å². The minimum Gasteiger partial charge on any atom is -0.478 e. The molecule has 1 heterocycles. The van der Waals surface area contributed by atoms with Crippen molar-refractivity contribution in [2.75, 3.05) is 18.2 Å². The van der Waals surface area contributed by atoms with Crippen LogP contribution in [0.5, 0.6) is 5.88 Å². The molecular formula is C14H23N3OS. The maximum Gasteiger partial charge on any atom is 0.221 e. The van der Waals surface area contributed by atoms with Gasteiger partial charge in [-0.1, -0.05) is 12.8 Å². The Labute approximate surface area is 119 Å². The van der Waals surface area contributed by atoms with E-state index < -0.39 is 0 Å². The molecule has 0 spiro atoms. The highest BCUT2D eigenvalue weighted by Gasteiger charge is 2.25. The number of nitrogens with zero attached hydrogens (tertiary/aromatic N) is 2. The molecule has 1 saturated carbocycles. The highest BCUT2D eigenvalue weighted by Crippen LogP contribution is 2.30. The van der Waals surface area contributed by atoms with Crippen molar-refractivity contribution in [2.45, 2.75) is 50.8 Å². The summed E-state index contributed by atoms with van der Waals surface area (Å²) < 4.78 is 5.52. The predicted molar refractivity (Wildman–Crippen MR) is 81.1 cm³/mol. The van der Waals surface area contributed by atoms with Crippen LogP contribution in [0.1, 0.15) is 38.2 Å². The van der Waals surface area contributed by atoms with Crippen molar-refractivity contribution in [3.8, 4) is 5.88 Å². The summed E-state index contributed by atoms with van der Waals surface area (Å²) in [5.41, 5.74) is 1.01. The largest absolute Gasteiger partial charge is 0.478 e. The maximum atomic E-state index is 5.52. The number of rotatable bonds is 5. The first-order chi connectivity index (χ1) is 9.26. The molecule has 106 valence electrons. The quantitative estimate of drug-likeness (QED) is 0.897. The third-order valence-electron chi connectivity index (χ3n) is 3.65. The van der Waals surface area contributed by atoms with Crippen molar-refractivity contribution in [2.24, 2.45) is 0 Å². The molecule has 2 unspecified atom stereocenters. The van der Waals surface area contributed by atoms with Crippen LogP contribution in [0.3, 0.4) is 0 Å². The summed E-state index contributed by atoms with van der Waals surface area (Å²) in [4.78, 5) is 8.55. The topological polar surface area (TPSA) is 47.0 Å². The average molecular weight is 281 g/mol. The van der Waals surface area contributed by atoms with Gasteiger partial charge in [0.2, 0.25) is 5.88 Å². The van der Waals surface area contributed by atoms with Gasteiger partial charge in [0.25, 0.3) is 0 Å². The van der Waals surface area contributed by atoms with Crippen LogP contribution in [0.15, 0.2) is 6.33 Å². The summed E-state index contributed by atoms with van der Waals surface area (Å²) in [7, 11) is 0. The second-order valence-electron chi connectivity index (χ2n) is 4.89. The Bertz CT molecular complexity index is 414. The highest BCUT2D eigenvalue weighted by molar-refractivity contribution is 7.99. The van der Waals surface area contributed by atoms with E-state index in [4.69, 9.17) is 4.74 Å². The summed E-state index contributed by atoms with van der Waals surface area (Å²) >= 11 is 1.96.